The Hall–Kier alpha value is -2.36. The minimum Gasteiger partial charge on any atom is -0.494 e. The van der Waals surface area contributed by atoms with Crippen molar-refractivity contribution in [1.29, 1.82) is 0 Å². The molecule has 0 bridgehead atoms. The van der Waals surface area contributed by atoms with Crippen LogP contribution in [0.3, 0.4) is 0 Å². The van der Waals surface area contributed by atoms with Crippen LogP contribution in [-0.4, -0.2) is 13.0 Å². The topological polar surface area (TPSA) is 38.3 Å². The molecule has 0 aliphatic carbocycles. The Bertz CT molecular complexity index is 668. The van der Waals surface area contributed by atoms with Gasteiger partial charge in [0, 0.05) is 5.69 Å². The van der Waals surface area contributed by atoms with Crippen LogP contribution in [0.2, 0.25) is 0 Å². The first-order valence-corrected chi connectivity index (χ1v) is 8.33. The third-order valence-corrected chi connectivity index (χ3v) is 3.89. The number of rotatable bonds is 8. The van der Waals surface area contributed by atoms with Crippen molar-refractivity contribution in [3.05, 3.63) is 59.4 Å². The standard InChI is InChI=1S/C20H24FNO2/c1-3-4-5-6-15-7-10-17(11-8-15)22-20(23)14-16-9-12-19(24-2)18(21)13-16/h7-13H,3-6,14H2,1-2H3,(H,22,23). The zero-order valence-electron chi connectivity index (χ0n) is 14.3. The highest BCUT2D eigenvalue weighted by molar-refractivity contribution is 5.92. The van der Waals surface area contributed by atoms with Crippen LogP contribution in [0.4, 0.5) is 10.1 Å². The number of hydrogen-bond donors (Lipinski definition) is 1. The summed E-state index contributed by atoms with van der Waals surface area (Å²) in [7, 11) is 1.41. The van der Waals surface area contributed by atoms with Crippen molar-refractivity contribution in [2.24, 2.45) is 0 Å². The molecule has 128 valence electrons. The predicted molar refractivity (Wildman–Crippen MR) is 95.0 cm³/mol. The second-order valence-corrected chi connectivity index (χ2v) is 5.85. The van der Waals surface area contributed by atoms with Gasteiger partial charge in [-0.1, -0.05) is 38.0 Å². The van der Waals surface area contributed by atoms with Crippen LogP contribution in [0, 0.1) is 5.82 Å². The third-order valence-electron chi connectivity index (χ3n) is 3.89. The van der Waals surface area contributed by atoms with Crippen molar-refractivity contribution >= 4 is 11.6 Å². The molecule has 2 aromatic carbocycles. The summed E-state index contributed by atoms with van der Waals surface area (Å²) in [5, 5.41) is 2.84. The van der Waals surface area contributed by atoms with Gasteiger partial charge in [0.25, 0.3) is 0 Å². The van der Waals surface area contributed by atoms with Gasteiger partial charge in [-0.05, 0) is 48.2 Å². The summed E-state index contributed by atoms with van der Waals surface area (Å²) in [6, 6.07) is 12.5. The van der Waals surface area contributed by atoms with E-state index in [0.717, 1.165) is 12.1 Å². The van der Waals surface area contributed by atoms with E-state index in [9.17, 15) is 9.18 Å². The number of benzene rings is 2. The van der Waals surface area contributed by atoms with Gasteiger partial charge in [0.1, 0.15) is 0 Å². The van der Waals surface area contributed by atoms with Gasteiger partial charge >= 0.3 is 0 Å². The molecule has 0 radical (unpaired) electrons. The summed E-state index contributed by atoms with van der Waals surface area (Å²) in [6.45, 7) is 2.19. The number of anilines is 1. The molecule has 0 aliphatic rings. The zero-order valence-corrected chi connectivity index (χ0v) is 14.3. The van der Waals surface area contributed by atoms with Crippen molar-refractivity contribution in [2.45, 2.75) is 39.0 Å². The summed E-state index contributed by atoms with van der Waals surface area (Å²) < 4.78 is 18.5. The molecule has 0 fully saturated rings. The van der Waals surface area contributed by atoms with Crippen molar-refractivity contribution in [3.8, 4) is 5.75 Å². The molecular weight excluding hydrogens is 305 g/mol. The number of unbranched alkanes of at least 4 members (excludes halogenated alkanes) is 2. The lowest BCUT2D eigenvalue weighted by atomic mass is 10.1. The first-order valence-electron chi connectivity index (χ1n) is 8.33. The molecule has 3 nitrogen and oxygen atoms in total. The van der Waals surface area contributed by atoms with E-state index in [0.29, 0.717) is 5.56 Å². The van der Waals surface area contributed by atoms with Gasteiger partial charge < -0.3 is 10.1 Å². The molecular formula is C20H24FNO2. The summed E-state index contributed by atoms with van der Waals surface area (Å²) in [5.41, 5.74) is 2.65. The summed E-state index contributed by atoms with van der Waals surface area (Å²) in [5.74, 6) is -0.449. The van der Waals surface area contributed by atoms with Crippen LogP contribution < -0.4 is 10.1 Å². The van der Waals surface area contributed by atoms with Crippen molar-refractivity contribution in [3.63, 3.8) is 0 Å². The normalized spacial score (nSPS) is 10.5. The number of ether oxygens (including phenoxy) is 1. The van der Waals surface area contributed by atoms with Crippen molar-refractivity contribution < 1.29 is 13.9 Å². The summed E-state index contributed by atoms with van der Waals surface area (Å²) in [4.78, 5) is 12.1. The van der Waals surface area contributed by atoms with E-state index in [2.05, 4.69) is 12.2 Å². The molecule has 0 saturated heterocycles. The Kier molecular flexibility index (Phi) is 6.79. The van der Waals surface area contributed by atoms with E-state index < -0.39 is 5.82 Å². The highest BCUT2D eigenvalue weighted by atomic mass is 19.1. The molecule has 0 spiro atoms. The largest absolute Gasteiger partial charge is 0.494 e. The van der Waals surface area contributed by atoms with E-state index in [1.807, 2.05) is 24.3 Å². The lowest BCUT2D eigenvalue weighted by Crippen LogP contribution is -2.14. The zero-order chi connectivity index (χ0) is 17.4. The lowest BCUT2D eigenvalue weighted by molar-refractivity contribution is -0.115. The maximum absolute atomic E-state index is 13.6. The molecule has 2 aromatic rings. The van der Waals surface area contributed by atoms with Gasteiger partial charge in [-0.15, -0.1) is 0 Å². The van der Waals surface area contributed by atoms with Crippen LogP contribution in [-0.2, 0) is 17.6 Å². The average Bonchev–Trinajstić information content (AvgIpc) is 2.57. The Morgan fingerprint density at radius 1 is 1.08 bits per heavy atom. The second-order valence-electron chi connectivity index (χ2n) is 5.85. The Morgan fingerprint density at radius 2 is 1.79 bits per heavy atom. The minimum atomic E-state index is -0.459. The molecule has 1 amide bonds. The van der Waals surface area contributed by atoms with E-state index in [4.69, 9.17) is 4.74 Å². The van der Waals surface area contributed by atoms with E-state index in [1.54, 1.807) is 6.07 Å². The second kappa shape index (κ2) is 9.06. The van der Waals surface area contributed by atoms with Crippen LogP contribution in [0.5, 0.6) is 5.75 Å². The van der Waals surface area contributed by atoms with E-state index >= 15 is 0 Å². The molecule has 24 heavy (non-hydrogen) atoms. The number of carbonyl (C=O) groups excluding carboxylic acids is 1. The fraction of sp³-hybridized carbons (Fsp3) is 0.350. The van der Waals surface area contributed by atoms with Crippen LogP contribution in [0.15, 0.2) is 42.5 Å². The fourth-order valence-corrected chi connectivity index (χ4v) is 2.54. The molecule has 0 aliphatic heterocycles. The molecule has 0 unspecified atom stereocenters. The summed E-state index contributed by atoms with van der Waals surface area (Å²) in [6.07, 6.45) is 4.81. The SMILES string of the molecule is CCCCCc1ccc(NC(=O)Cc2ccc(OC)c(F)c2)cc1. The van der Waals surface area contributed by atoms with Gasteiger partial charge in [0.05, 0.1) is 13.5 Å². The van der Waals surface area contributed by atoms with Crippen molar-refractivity contribution in [2.75, 3.05) is 12.4 Å². The highest BCUT2D eigenvalue weighted by Crippen LogP contribution is 2.18. The Morgan fingerprint density at radius 3 is 2.42 bits per heavy atom. The van der Waals surface area contributed by atoms with E-state index in [1.165, 1.54) is 44.1 Å². The Balaban J connectivity index is 1.88. The molecule has 0 heterocycles. The molecule has 0 atom stereocenters. The number of halogens is 1. The quantitative estimate of drug-likeness (QED) is 0.710. The van der Waals surface area contributed by atoms with Crippen LogP contribution >= 0.6 is 0 Å². The monoisotopic (exact) mass is 329 g/mol. The van der Waals surface area contributed by atoms with Gasteiger partial charge in [0.2, 0.25) is 5.91 Å². The Labute approximate surface area is 142 Å². The lowest BCUT2D eigenvalue weighted by Gasteiger charge is -2.08. The molecule has 1 N–H and O–H groups in total. The van der Waals surface area contributed by atoms with Gasteiger partial charge in [-0.25, -0.2) is 4.39 Å². The minimum absolute atomic E-state index is 0.124. The smallest absolute Gasteiger partial charge is 0.228 e. The van der Waals surface area contributed by atoms with Gasteiger partial charge in [0.15, 0.2) is 11.6 Å². The fourth-order valence-electron chi connectivity index (χ4n) is 2.54. The van der Waals surface area contributed by atoms with Gasteiger partial charge in [-0.2, -0.15) is 0 Å². The molecule has 2 rings (SSSR count). The van der Waals surface area contributed by atoms with Crippen LogP contribution in [0.25, 0.3) is 0 Å². The predicted octanol–water partition coefficient (Wildman–Crippen LogP) is 4.75. The molecule has 4 heteroatoms. The number of carbonyl (C=O) groups is 1. The molecule has 0 saturated carbocycles. The number of amides is 1. The number of methoxy groups -OCH3 is 1. The summed E-state index contributed by atoms with van der Waals surface area (Å²) >= 11 is 0. The van der Waals surface area contributed by atoms with Crippen LogP contribution in [0.1, 0.15) is 37.3 Å². The maximum atomic E-state index is 13.6. The first kappa shape index (κ1) is 18.0. The number of nitrogens with one attached hydrogen (secondary N) is 1. The third kappa shape index (κ3) is 5.37. The maximum Gasteiger partial charge on any atom is 0.228 e. The van der Waals surface area contributed by atoms with E-state index in [-0.39, 0.29) is 18.1 Å². The van der Waals surface area contributed by atoms with Gasteiger partial charge in [-0.3, -0.25) is 4.79 Å². The average molecular weight is 329 g/mol. The number of aryl methyl sites for hydroxylation is 1. The number of hydrogen-bond acceptors (Lipinski definition) is 2. The first-order chi connectivity index (χ1) is 11.6. The molecule has 0 aromatic heterocycles. The highest BCUT2D eigenvalue weighted by Gasteiger charge is 2.08. The van der Waals surface area contributed by atoms with Crippen molar-refractivity contribution in [1.82, 2.24) is 0 Å².